The Morgan fingerprint density at radius 3 is 2.61 bits per heavy atom. The first-order chi connectivity index (χ1) is 8.70. The molecule has 1 aromatic carbocycles. The van der Waals surface area contributed by atoms with Crippen molar-refractivity contribution in [2.75, 3.05) is 12.4 Å². The Morgan fingerprint density at radius 1 is 1.22 bits per heavy atom. The third-order valence-corrected chi connectivity index (χ3v) is 3.43. The number of methoxy groups -OCH3 is 1. The highest BCUT2D eigenvalue weighted by atomic mass is 127. The average molecular weight is 354 g/mol. The predicted molar refractivity (Wildman–Crippen MR) is 82.0 cm³/mol. The molecule has 0 saturated carbocycles. The molecule has 1 heterocycles. The van der Waals surface area contributed by atoms with Crippen molar-refractivity contribution in [3.8, 4) is 5.88 Å². The third-order valence-electron chi connectivity index (χ3n) is 2.71. The van der Waals surface area contributed by atoms with Crippen LogP contribution in [0.1, 0.15) is 18.5 Å². The number of halogens is 1. The van der Waals surface area contributed by atoms with Crippen LogP contribution in [0.5, 0.6) is 5.88 Å². The molecule has 2 aromatic rings. The molecule has 1 atom stereocenters. The molecule has 0 spiro atoms. The van der Waals surface area contributed by atoms with Gasteiger partial charge in [-0.3, -0.25) is 0 Å². The van der Waals surface area contributed by atoms with E-state index in [4.69, 9.17) is 4.74 Å². The lowest BCUT2D eigenvalue weighted by Crippen LogP contribution is -2.08. The summed E-state index contributed by atoms with van der Waals surface area (Å²) >= 11 is 2.30. The van der Waals surface area contributed by atoms with Crippen LogP contribution in [0.3, 0.4) is 0 Å². The van der Waals surface area contributed by atoms with E-state index in [0.29, 0.717) is 5.88 Å². The molecule has 0 saturated heterocycles. The molecule has 3 nitrogen and oxygen atoms in total. The van der Waals surface area contributed by atoms with Crippen molar-refractivity contribution in [3.05, 3.63) is 51.7 Å². The highest BCUT2D eigenvalue weighted by Crippen LogP contribution is 2.25. The van der Waals surface area contributed by atoms with Gasteiger partial charge in [-0.25, -0.2) is 4.98 Å². The van der Waals surface area contributed by atoms with Gasteiger partial charge in [-0.1, -0.05) is 12.1 Å². The van der Waals surface area contributed by atoms with Crippen molar-refractivity contribution in [2.24, 2.45) is 0 Å². The monoisotopic (exact) mass is 354 g/mol. The summed E-state index contributed by atoms with van der Waals surface area (Å²) < 4.78 is 6.46. The second kappa shape index (κ2) is 6.04. The molecular weight excluding hydrogens is 339 g/mol. The maximum absolute atomic E-state index is 5.23. The van der Waals surface area contributed by atoms with Gasteiger partial charge in [0.05, 0.1) is 12.8 Å². The first-order valence-corrected chi connectivity index (χ1v) is 6.79. The Kier molecular flexibility index (Phi) is 4.41. The van der Waals surface area contributed by atoms with Crippen molar-refractivity contribution in [2.45, 2.75) is 13.0 Å². The lowest BCUT2D eigenvalue weighted by molar-refractivity contribution is 0.399. The Labute approximate surface area is 121 Å². The Bertz CT molecular complexity index is 513. The lowest BCUT2D eigenvalue weighted by atomic mass is 10.1. The van der Waals surface area contributed by atoms with Crippen molar-refractivity contribution in [3.63, 3.8) is 0 Å². The van der Waals surface area contributed by atoms with Gasteiger partial charge in [0, 0.05) is 15.8 Å². The fourth-order valence-electron chi connectivity index (χ4n) is 1.73. The Morgan fingerprint density at radius 2 is 1.94 bits per heavy atom. The molecule has 0 aliphatic carbocycles. The fourth-order valence-corrected chi connectivity index (χ4v) is 2.09. The highest BCUT2D eigenvalue weighted by molar-refractivity contribution is 14.1. The van der Waals surface area contributed by atoms with Gasteiger partial charge in [-0.2, -0.15) is 0 Å². The van der Waals surface area contributed by atoms with Crippen LogP contribution in [-0.4, -0.2) is 12.1 Å². The minimum absolute atomic E-state index is 0.208. The summed E-state index contributed by atoms with van der Waals surface area (Å²) in [5.74, 6) is 0.620. The zero-order valence-electron chi connectivity index (χ0n) is 10.4. The third kappa shape index (κ3) is 3.13. The standard InChI is InChI=1S/C14H15IN2O/c1-10(11-5-7-12(15)8-6-11)17-13-4-3-9-16-14(13)18-2/h3-10,17H,1-2H3. The molecule has 0 radical (unpaired) electrons. The van der Waals surface area contributed by atoms with E-state index in [1.54, 1.807) is 13.3 Å². The number of ether oxygens (including phenoxy) is 1. The number of pyridine rings is 1. The minimum atomic E-state index is 0.208. The van der Waals surface area contributed by atoms with Crippen LogP contribution in [0.25, 0.3) is 0 Å². The molecule has 94 valence electrons. The summed E-state index contributed by atoms with van der Waals surface area (Å²) in [4.78, 5) is 4.17. The largest absolute Gasteiger partial charge is 0.480 e. The van der Waals surface area contributed by atoms with Crippen molar-refractivity contribution in [1.82, 2.24) is 4.98 Å². The number of hydrogen-bond donors (Lipinski definition) is 1. The molecule has 0 fully saturated rings. The SMILES string of the molecule is COc1ncccc1NC(C)c1ccc(I)cc1. The first-order valence-electron chi connectivity index (χ1n) is 5.71. The fraction of sp³-hybridized carbons (Fsp3) is 0.214. The second-order valence-electron chi connectivity index (χ2n) is 3.98. The molecule has 0 aliphatic rings. The van der Waals surface area contributed by atoms with Gasteiger partial charge >= 0.3 is 0 Å². The van der Waals surface area contributed by atoms with Crippen LogP contribution in [0.15, 0.2) is 42.6 Å². The summed E-state index contributed by atoms with van der Waals surface area (Å²) in [5.41, 5.74) is 2.15. The number of rotatable bonds is 4. The number of nitrogens with zero attached hydrogens (tertiary/aromatic N) is 1. The number of anilines is 1. The zero-order valence-corrected chi connectivity index (χ0v) is 12.5. The van der Waals surface area contributed by atoms with Crippen molar-refractivity contribution in [1.29, 1.82) is 0 Å². The quantitative estimate of drug-likeness (QED) is 0.847. The van der Waals surface area contributed by atoms with Crippen LogP contribution < -0.4 is 10.1 Å². The van der Waals surface area contributed by atoms with Gasteiger partial charge in [0.1, 0.15) is 0 Å². The molecule has 2 rings (SSSR count). The highest BCUT2D eigenvalue weighted by Gasteiger charge is 2.09. The molecule has 0 bridgehead atoms. The number of hydrogen-bond acceptors (Lipinski definition) is 3. The second-order valence-corrected chi connectivity index (χ2v) is 5.22. The summed E-state index contributed by atoms with van der Waals surface area (Å²) in [6.07, 6.45) is 1.72. The van der Waals surface area contributed by atoms with E-state index < -0.39 is 0 Å². The summed E-state index contributed by atoms with van der Waals surface area (Å²) in [5, 5.41) is 3.41. The first kappa shape index (κ1) is 13.1. The predicted octanol–water partition coefficient (Wildman–Crippen LogP) is 3.87. The maximum Gasteiger partial charge on any atom is 0.237 e. The van der Waals surface area contributed by atoms with Gasteiger partial charge in [0.25, 0.3) is 0 Å². The van der Waals surface area contributed by atoms with Crippen LogP contribution in [0.4, 0.5) is 5.69 Å². The van der Waals surface area contributed by atoms with E-state index in [0.717, 1.165) is 5.69 Å². The van der Waals surface area contributed by atoms with Crippen LogP contribution in [-0.2, 0) is 0 Å². The van der Waals surface area contributed by atoms with Gasteiger partial charge in [-0.15, -0.1) is 0 Å². The van der Waals surface area contributed by atoms with Gasteiger partial charge in [0.2, 0.25) is 5.88 Å². The van der Waals surface area contributed by atoms with E-state index in [1.165, 1.54) is 9.13 Å². The van der Waals surface area contributed by atoms with Crippen molar-refractivity contribution < 1.29 is 4.74 Å². The molecular formula is C14H15IN2O. The van der Waals surface area contributed by atoms with E-state index in [-0.39, 0.29) is 6.04 Å². The van der Waals surface area contributed by atoms with Crippen LogP contribution in [0.2, 0.25) is 0 Å². The number of aromatic nitrogens is 1. The van der Waals surface area contributed by atoms with Crippen LogP contribution in [0, 0.1) is 3.57 Å². The van der Waals surface area contributed by atoms with Crippen LogP contribution >= 0.6 is 22.6 Å². The lowest BCUT2D eigenvalue weighted by Gasteiger charge is -2.17. The molecule has 1 aromatic heterocycles. The van der Waals surface area contributed by atoms with Gasteiger partial charge < -0.3 is 10.1 Å². The smallest absolute Gasteiger partial charge is 0.237 e. The Balaban J connectivity index is 2.15. The summed E-state index contributed by atoms with van der Waals surface area (Å²) in [7, 11) is 1.63. The topological polar surface area (TPSA) is 34.1 Å². The van der Waals surface area contributed by atoms with Gasteiger partial charge in [0.15, 0.2) is 0 Å². The maximum atomic E-state index is 5.23. The normalized spacial score (nSPS) is 11.9. The summed E-state index contributed by atoms with van der Waals surface area (Å²) in [6, 6.07) is 12.5. The number of nitrogens with one attached hydrogen (secondary N) is 1. The molecule has 1 N–H and O–H groups in total. The zero-order chi connectivity index (χ0) is 13.0. The van der Waals surface area contributed by atoms with E-state index >= 15 is 0 Å². The number of benzene rings is 1. The minimum Gasteiger partial charge on any atom is -0.480 e. The molecule has 1 unspecified atom stereocenters. The van der Waals surface area contributed by atoms with E-state index in [9.17, 15) is 0 Å². The van der Waals surface area contributed by atoms with Crippen molar-refractivity contribution >= 4 is 28.3 Å². The van der Waals surface area contributed by atoms with E-state index in [1.807, 2.05) is 12.1 Å². The molecule has 0 amide bonds. The Hall–Kier alpha value is -1.30. The summed E-state index contributed by atoms with van der Waals surface area (Å²) in [6.45, 7) is 2.12. The molecule has 18 heavy (non-hydrogen) atoms. The molecule has 0 aliphatic heterocycles. The van der Waals surface area contributed by atoms with E-state index in [2.05, 4.69) is 64.1 Å². The average Bonchev–Trinajstić information content (AvgIpc) is 2.40. The molecule has 4 heteroatoms. The van der Waals surface area contributed by atoms with Gasteiger partial charge in [-0.05, 0) is 59.3 Å².